The summed E-state index contributed by atoms with van der Waals surface area (Å²) in [6.07, 6.45) is -6.91. The number of aliphatic hydroxyl groups is 1. The molecule has 0 radical (unpaired) electrons. The van der Waals surface area contributed by atoms with Gasteiger partial charge in [0, 0.05) is 37.7 Å². The molecule has 1 aliphatic carbocycles. The minimum Gasteiger partial charge on any atom is -0.427 e. The Balaban J connectivity index is 1.41. The van der Waals surface area contributed by atoms with Crippen molar-refractivity contribution in [2.45, 2.75) is 49.7 Å². The Morgan fingerprint density at radius 2 is 1.74 bits per heavy atom. The Bertz CT molecular complexity index is 1380. The number of rotatable bonds is 3. The van der Waals surface area contributed by atoms with E-state index in [1.54, 1.807) is 30.3 Å². The molecule has 2 aliphatic heterocycles. The van der Waals surface area contributed by atoms with E-state index in [4.69, 9.17) is 4.74 Å². The van der Waals surface area contributed by atoms with Gasteiger partial charge in [0.1, 0.15) is 6.54 Å². The monoisotopic (exact) mass is 546 g/mol. The number of fused-ring (bicyclic) bond motifs is 3. The van der Waals surface area contributed by atoms with Crippen LogP contribution in [0.3, 0.4) is 0 Å². The summed E-state index contributed by atoms with van der Waals surface area (Å²) < 4.78 is 47.8. The average molecular weight is 547 g/mol. The first-order chi connectivity index (χ1) is 18.4. The number of nitrogens with one attached hydrogen (secondary N) is 2. The molecule has 2 aromatic rings. The van der Waals surface area contributed by atoms with E-state index in [0.29, 0.717) is 39.3 Å². The number of imide groups is 1. The van der Waals surface area contributed by atoms with Crippen molar-refractivity contribution in [3.63, 3.8) is 0 Å². The van der Waals surface area contributed by atoms with Gasteiger partial charge >= 0.3 is 18.3 Å². The Hall–Kier alpha value is -4.13. The second kappa shape index (κ2) is 9.26. The maximum Gasteiger partial charge on any atom is 0.436 e. The fraction of sp³-hybridized carbons (Fsp3) is 0.385. The lowest BCUT2D eigenvalue weighted by Crippen LogP contribution is -2.61. The zero-order valence-electron chi connectivity index (χ0n) is 20.8. The van der Waals surface area contributed by atoms with Crippen molar-refractivity contribution in [2.24, 2.45) is 0 Å². The molecule has 206 valence electrons. The smallest absolute Gasteiger partial charge is 0.427 e. The molecule has 3 N–H and O–H groups in total. The third kappa shape index (κ3) is 4.26. The van der Waals surface area contributed by atoms with E-state index in [-0.39, 0.29) is 17.7 Å². The van der Waals surface area contributed by atoms with Gasteiger partial charge in [0.05, 0.1) is 0 Å². The zero-order chi connectivity index (χ0) is 28.2. The van der Waals surface area contributed by atoms with Gasteiger partial charge in [-0.3, -0.25) is 9.59 Å². The maximum atomic E-state index is 14.1. The molecule has 2 aromatic carbocycles. The first kappa shape index (κ1) is 26.5. The van der Waals surface area contributed by atoms with Crippen molar-refractivity contribution < 1.29 is 42.2 Å². The summed E-state index contributed by atoms with van der Waals surface area (Å²) in [5.74, 6) is -2.13. The number of carbonyl (C=O) groups excluding carboxylic acids is 4. The van der Waals surface area contributed by atoms with Crippen molar-refractivity contribution in [1.29, 1.82) is 0 Å². The Kier molecular flexibility index (Phi) is 6.29. The molecular formula is C26H25F3N4O6. The van der Waals surface area contributed by atoms with Gasteiger partial charge in [-0.1, -0.05) is 30.3 Å². The van der Waals surface area contributed by atoms with Crippen LogP contribution in [0.2, 0.25) is 0 Å². The lowest BCUT2D eigenvalue weighted by atomic mass is 9.94. The predicted molar refractivity (Wildman–Crippen MR) is 129 cm³/mol. The van der Waals surface area contributed by atoms with E-state index < -0.39 is 61.0 Å². The predicted octanol–water partition coefficient (Wildman–Crippen LogP) is 2.78. The van der Waals surface area contributed by atoms with Crippen molar-refractivity contribution in [1.82, 2.24) is 15.1 Å². The summed E-state index contributed by atoms with van der Waals surface area (Å²) >= 11 is 0. The molecule has 0 bridgehead atoms. The number of aryl methyl sites for hydroxylation is 2. The van der Waals surface area contributed by atoms with E-state index >= 15 is 0 Å². The van der Waals surface area contributed by atoms with Gasteiger partial charge < -0.3 is 25.4 Å². The minimum absolute atomic E-state index is 0.0601. The maximum absolute atomic E-state index is 14.1. The van der Waals surface area contributed by atoms with Gasteiger partial charge in [0.25, 0.3) is 5.91 Å². The van der Waals surface area contributed by atoms with Crippen LogP contribution in [0.1, 0.15) is 35.1 Å². The van der Waals surface area contributed by atoms with Crippen molar-refractivity contribution in [2.75, 3.05) is 18.9 Å². The number of benzene rings is 2. The second-order valence-electron chi connectivity index (χ2n) is 9.73. The Labute approximate surface area is 220 Å². The number of anilines is 1. The number of urea groups is 1. The van der Waals surface area contributed by atoms with E-state index in [0.717, 1.165) is 0 Å². The van der Waals surface area contributed by atoms with E-state index in [9.17, 15) is 37.5 Å². The first-order valence-electron chi connectivity index (χ1n) is 12.2. The van der Waals surface area contributed by atoms with Crippen LogP contribution in [-0.2, 0) is 39.3 Å². The van der Waals surface area contributed by atoms with Gasteiger partial charge in [0.15, 0.2) is 0 Å². The van der Waals surface area contributed by atoms with Gasteiger partial charge in [-0.05, 0) is 41.7 Å². The van der Waals surface area contributed by atoms with Crippen LogP contribution in [0.25, 0.3) is 0 Å². The van der Waals surface area contributed by atoms with Crippen LogP contribution in [0, 0.1) is 0 Å². The quantitative estimate of drug-likeness (QED) is 0.543. The molecule has 39 heavy (non-hydrogen) atoms. The first-order valence-corrected chi connectivity index (χ1v) is 12.2. The number of alkyl halides is 3. The number of nitrogens with zero attached hydrogens (tertiary/aromatic N) is 2. The van der Waals surface area contributed by atoms with E-state index in [2.05, 4.69) is 10.6 Å². The Morgan fingerprint density at radius 1 is 1.05 bits per heavy atom. The van der Waals surface area contributed by atoms with Crippen molar-refractivity contribution >= 4 is 29.6 Å². The number of halogens is 3. The molecule has 1 saturated heterocycles. The molecule has 0 aromatic heterocycles. The second-order valence-corrected chi connectivity index (χ2v) is 9.73. The van der Waals surface area contributed by atoms with Crippen LogP contribution in [-0.4, -0.2) is 64.3 Å². The molecular weight excluding hydrogens is 521 g/mol. The fourth-order valence-corrected chi connectivity index (χ4v) is 5.44. The highest BCUT2D eigenvalue weighted by atomic mass is 19.4. The van der Waals surface area contributed by atoms with Crippen LogP contribution >= 0.6 is 0 Å². The zero-order valence-corrected chi connectivity index (χ0v) is 20.8. The number of ether oxygens (including phenoxy) is 1. The SMILES string of the molecule is CNC(=O)Nc1ccc2c(c1)CC[C@]21OC(=O)N(CC(=O)N2Cc3ccccc3CCC2(O)C(F)(F)F)C1=O. The minimum atomic E-state index is -5.19. The highest BCUT2D eigenvalue weighted by Gasteiger charge is 2.62. The molecule has 10 nitrogen and oxygen atoms in total. The highest BCUT2D eigenvalue weighted by Crippen LogP contribution is 2.46. The van der Waals surface area contributed by atoms with Crippen LogP contribution in [0.15, 0.2) is 42.5 Å². The lowest BCUT2D eigenvalue weighted by Gasteiger charge is -2.40. The third-order valence-electron chi connectivity index (χ3n) is 7.53. The lowest BCUT2D eigenvalue weighted by molar-refractivity contribution is -0.313. The van der Waals surface area contributed by atoms with E-state index in [1.165, 1.54) is 19.2 Å². The fourth-order valence-electron chi connectivity index (χ4n) is 5.44. The molecule has 13 heteroatoms. The summed E-state index contributed by atoms with van der Waals surface area (Å²) in [5.41, 5.74) is -2.81. The summed E-state index contributed by atoms with van der Waals surface area (Å²) in [6.45, 7) is -1.59. The summed E-state index contributed by atoms with van der Waals surface area (Å²) in [4.78, 5) is 52.0. The topological polar surface area (TPSA) is 128 Å². The van der Waals surface area contributed by atoms with Gasteiger partial charge in [-0.15, -0.1) is 0 Å². The summed E-state index contributed by atoms with van der Waals surface area (Å²) in [7, 11) is 1.45. The van der Waals surface area contributed by atoms with Gasteiger partial charge in [0.2, 0.25) is 17.2 Å². The molecule has 1 spiro atoms. The number of carbonyl (C=O) groups is 4. The standard InChI is InChI=1S/C26H25F3N4O6/c1-30-22(36)31-18-6-7-19-16(12-18)8-10-24(19)21(35)32(23(37)39-24)14-20(34)33-13-17-5-3-2-4-15(17)9-11-25(33,38)26(27,28)29/h2-7,12,38H,8-11,13-14H2,1H3,(H2,30,31,36)/t24-,25?/m0/s1. The molecule has 1 unspecified atom stereocenters. The normalized spacial score (nSPS) is 24.2. The molecule has 5 amide bonds. The van der Waals surface area contributed by atoms with Crippen LogP contribution in [0.4, 0.5) is 28.4 Å². The highest BCUT2D eigenvalue weighted by molar-refractivity contribution is 6.06. The van der Waals surface area contributed by atoms with Crippen molar-refractivity contribution in [3.8, 4) is 0 Å². The molecule has 5 rings (SSSR count). The number of hydrogen-bond acceptors (Lipinski definition) is 6. The molecule has 3 aliphatic rings. The summed E-state index contributed by atoms with van der Waals surface area (Å²) in [6, 6.07) is 10.7. The number of hydrogen-bond donors (Lipinski definition) is 3. The van der Waals surface area contributed by atoms with E-state index in [1.807, 2.05) is 0 Å². The molecule has 0 saturated carbocycles. The largest absolute Gasteiger partial charge is 0.436 e. The third-order valence-corrected chi connectivity index (χ3v) is 7.53. The van der Waals surface area contributed by atoms with Crippen LogP contribution in [0.5, 0.6) is 0 Å². The molecule has 2 atom stereocenters. The average Bonchev–Trinajstić information content (AvgIpc) is 3.30. The summed E-state index contributed by atoms with van der Waals surface area (Å²) in [5, 5.41) is 15.8. The molecule has 2 heterocycles. The van der Waals surface area contributed by atoms with Crippen molar-refractivity contribution in [3.05, 3.63) is 64.7 Å². The van der Waals surface area contributed by atoms with Crippen LogP contribution < -0.4 is 10.6 Å². The molecule has 1 fully saturated rings. The number of amides is 5. The van der Waals surface area contributed by atoms with Gasteiger partial charge in [-0.2, -0.15) is 13.2 Å². The van der Waals surface area contributed by atoms with Gasteiger partial charge in [-0.25, -0.2) is 14.5 Å². The Morgan fingerprint density at radius 3 is 2.44 bits per heavy atom.